The minimum absolute atomic E-state index is 0.242. The van der Waals surface area contributed by atoms with Gasteiger partial charge < -0.3 is 0 Å². The van der Waals surface area contributed by atoms with Gasteiger partial charge in [-0.15, -0.1) is 0 Å². The normalized spacial score (nSPS) is 24.2. The highest BCUT2D eigenvalue weighted by molar-refractivity contribution is 5.05. The van der Waals surface area contributed by atoms with Crippen LogP contribution in [0, 0.1) is 11.3 Å². The van der Waals surface area contributed by atoms with E-state index >= 15 is 0 Å². The van der Waals surface area contributed by atoms with E-state index in [0.29, 0.717) is 16.5 Å². The van der Waals surface area contributed by atoms with Gasteiger partial charge in [-0.1, -0.05) is 13.8 Å². The summed E-state index contributed by atoms with van der Waals surface area (Å²) < 4.78 is 0. The molecule has 3 nitrogen and oxygen atoms in total. The van der Waals surface area contributed by atoms with Crippen molar-refractivity contribution < 1.29 is 0 Å². The van der Waals surface area contributed by atoms with Gasteiger partial charge in [-0.3, -0.25) is 14.7 Å². The largest absolute Gasteiger partial charge is 0.298 e. The molecule has 3 heteroatoms. The van der Waals surface area contributed by atoms with E-state index in [0.717, 1.165) is 5.92 Å². The summed E-state index contributed by atoms with van der Waals surface area (Å²) in [4.78, 5) is 8.03. The molecule has 0 saturated carbocycles. The van der Waals surface area contributed by atoms with Crippen LogP contribution >= 0.6 is 0 Å². The van der Waals surface area contributed by atoms with Crippen molar-refractivity contribution in [2.45, 2.75) is 85.9 Å². The number of piperazine rings is 1. The Kier molecular flexibility index (Phi) is 5.25. The van der Waals surface area contributed by atoms with Crippen molar-refractivity contribution in [1.82, 2.24) is 14.7 Å². The van der Waals surface area contributed by atoms with Gasteiger partial charge in [0.05, 0.1) is 0 Å². The molecule has 2 heterocycles. The highest BCUT2D eigenvalue weighted by Gasteiger charge is 2.52. The molecule has 0 atom stereocenters. The van der Waals surface area contributed by atoms with Crippen LogP contribution in [0.2, 0.25) is 0 Å². The molecule has 2 saturated heterocycles. The number of likely N-dealkylation sites (tertiary alicyclic amines) is 1. The van der Waals surface area contributed by atoms with Crippen LogP contribution in [0.3, 0.4) is 0 Å². The summed E-state index contributed by atoms with van der Waals surface area (Å²) in [6.45, 7) is 31.3. The van der Waals surface area contributed by atoms with Crippen LogP contribution in [0.4, 0.5) is 0 Å². The van der Waals surface area contributed by atoms with Crippen LogP contribution < -0.4 is 0 Å². The van der Waals surface area contributed by atoms with Crippen LogP contribution in [0.15, 0.2) is 0 Å². The molecule has 0 aromatic heterocycles. The van der Waals surface area contributed by atoms with Gasteiger partial charge in [0.2, 0.25) is 0 Å². The van der Waals surface area contributed by atoms with Crippen molar-refractivity contribution in [2.24, 2.45) is 11.3 Å². The fourth-order valence-corrected chi connectivity index (χ4v) is 4.33. The molecule has 2 aliphatic rings. The van der Waals surface area contributed by atoms with E-state index in [1.165, 1.54) is 39.3 Å². The van der Waals surface area contributed by atoms with Crippen LogP contribution in [-0.4, -0.2) is 70.6 Å². The van der Waals surface area contributed by atoms with E-state index in [9.17, 15) is 0 Å². The first-order chi connectivity index (χ1) is 10.7. The van der Waals surface area contributed by atoms with Crippen molar-refractivity contribution in [2.75, 3.05) is 39.3 Å². The third-order valence-electron chi connectivity index (χ3n) is 7.45. The Bertz CT molecular complexity index is 425. The second-order valence-corrected chi connectivity index (χ2v) is 11.2. The lowest BCUT2D eigenvalue weighted by atomic mass is 9.62. The van der Waals surface area contributed by atoms with Gasteiger partial charge in [-0.2, -0.15) is 0 Å². The average Bonchev–Trinajstić information content (AvgIpc) is 2.33. The Morgan fingerprint density at radius 2 is 0.917 bits per heavy atom. The maximum Gasteiger partial charge on any atom is 0.0208 e. The van der Waals surface area contributed by atoms with E-state index in [-0.39, 0.29) is 5.54 Å². The van der Waals surface area contributed by atoms with Gasteiger partial charge in [0.15, 0.2) is 0 Å². The minimum Gasteiger partial charge on any atom is -0.298 e. The summed E-state index contributed by atoms with van der Waals surface area (Å²) in [5.74, 6) is 0.798. The maximum atomic E-state index is 2.76. The molecule has 0 amide bonds. The lowest BCUT2D eigenvalue weighted by molar-refractivity contribution is -0.115. The molecular weight excluding hydrogens is 294 g/mol. The first kappa shape index (κ1) is 20.2. The van der Waals surface area contributed by atoms with Crippen molar-refractivity contribution in [3.63, 3.8) is 0 Å². The molecule has 0 spiro atoms. The van der Waals surface area contributed by atoms with Crippen LogP contribution in [0.5, 0.6) is 0 Å². The van der Waals surface area contributed by atoms with Crippen LogP contribution in [-0.2, 0) is 0 Å². The number of rotatable bonds is 3. The zero-order valence-corrected chi connectivity index (χ0v) is 18.2. The Labute approximate surface area is 151 Å². The molecule has 24 heavy (non-hydrogen) atoms. The highest BCUT2D eigenvalue weighted by atomic mass is 15.3. The van der Waals surface area contributed by atoms with Gasteiger partial charge in [0.1, 0.15) is 0 Å². The number of hydrogen-bond donors (Lipinski definition) is 0. The molecule has 2 rings (SSSR count). The predicted molar refractivity (Wildman–Crippen MR) is 106 cm³/mol. The smallest absolute Gasteiger partial charge is 0.0208 e. The first-order valence-electron chi connectivity index (χ1n) is 9.92. The molecule has 2 aliphatic heterocycles. The fraction of sp³-hybridized carbons (Fsp3) is 1.00. The van der Waals surface area contributed by atoms with Crippen molar-refractivity contribution in [1.29, 1.82) is 0 Å². The van der Waals surface area contributed by atoms with Crippen molar-refractivity contribution in [3.8, 4) is 0 Å². The lowest BCUT2D eigenvalue weighted by Gasteiger charge is -2.61. The molecule has 0 radical (unpaired) electrons. The third kappa shape index (κ3) is 3.68. The highest BCUT2D eigenvalue weighted by Crippen LogP contribution is 2.47. The molecule has 142 valence electrons. The summed E-state index contributed by atoms with van der Waals surface area (Å²) in [6, 6.07) is 0. The van der Waals surface area contributed by atoms with Gasteiger partial charge in [0.25, 0.3) is 0 Å². The molecule has 2 fully saturated rings. The Balaban J connectivity index is 2.00. The Morgan fingerprint density at radius 1 is 0.542 bits per heavy atom. The van der Waals surface area contributed by atoms with Crippen LogP contribution in [0.25, 0.3) is 0 Å². The molecule has 0 aromatic rings. The summed E-state index contributed by atoms with van der Waals surface area (Å²) >= 11 is 0. The van der Waals surface area contributed by atoms with Gasteiger partial charge in [-0.05, 0) is 66.7 Å². The zero-order valence-electron chi connectivity index (χ0n) is 18.2. The summed E-state index contributed by atoms with van der Waals surface area (Å²) in [5.41, 5.74) is 1.19. The molecule has 0 bridgehead atoms. The van der Waals surface area contributed by atoms with E-state index in [2.05, 4.69) is 83.9 Å². The second kappa shape index (κ2) is 6.25. The minimum atomic E-state index is 0.242. The van der Waals surface area contributed by atoms with Crippen molar-refractivity contribution >= 4 is 0 Å². The van der Waals surface area contributed by atoms with E-state index in [1.54, 1.807) is 0 Å². The summed E-state index contributed by atoms with van der Waals surface area (Å²) in [5, 5.41) is 0. The monoisotopic (exact) mass is 337 g/mol. The van der Waals surface area contributed by atoms with Gasteiger partial charge in [-0.25, -0.2) is 0 Å². The number of hydrogen-bond acceptors (Lipinski definition) is 3. The van der Waals surface area contributed by atoms with E-state index in [1.807, 2.05) is 0 Å². The standard InChI is InChI=1S/C21H43N3/c1-18(2,3)22-11-13-23(14-12-22)21(9,10)20(7,8)17-15-24(16-17)19(4,5)6/h17H,11-16H2,1-10H3. The quantitative estimate of drug-likeness (QED) is 0.772. The zero-order chi connectivity index (χ0) is 18.6. The van der Waals surface area contributed by atoms with Crippen LogP contribution in [0.1, 0.15) is 69.2 Å². The third-order valence-corrected chi connectivity index (χ3v) is 7.45. The topological polar surface area (TPSA) is 9.72 Å². The molecule has 0 N–H and O–H groups in total. The Hall–Kier alpha value is -0.120. The van der Waals surface area contributed by atoms with Gasteiger partial charge >= 0.3 is 0 Å². The maximum absolute atomic E-state index is 2.76. The van der Waals surface area contributed by atoms with Crippen molar-refractivity contribution in [3.05, 3.63) is 0 Å². The average molecular weight is 338 g/mol. The Morgan fingerprint density at radius 3 is 1.29 bits per heavy atom. The molecular formula is C21H43N3. The SMILES string of the molecule is CC(C)(C)N1CCN(C(C)(C)C(C)(C)C2CN(C(C)(C)C)C2)CC1. The second-order valence-electron chi connectivity index (χ2n) is 11.2. The molecule has 0 aliphatic carbocycles. The summed E-state index contributed by atoms with van der Waals surface area (Å²) in [7, 11) is 0. The lowest BCUT2D eigenvalue weighted by Crippen LogP contribution is -2.68. The first-order valence-corrected chi connectivity index (χ1v) is 9.92. The fourth-order valence-electron chi connectivity index (χ4n) is 4.33. The summed E-state index contributed by atoms with van der Waals surface area (Å²) in [6.07, 6.45) is 0. The van der Waals surface area contributed by atoms with E-state index in [4.69, 9.17) is 0 Å². The predicted octanol–water partition coefficient (Wildman–Crippen LogP) is 3.94. The molecule has 0 aromatic carbocycles. The van der Waals surface area contributed by atoms with Gasteiger partial charge in [0, 0.05) is 55.9 Å². The molecule has 0 unspecified atom stereocenters. The number of nitrogens with zero attached hydrogens (tertiary/aromatic N) is 3. The van der Waals surface area contributed by atoms with E-state index < -0.39 is 0 Å².